The molecule has 0 radical (unpaired) electrons. The lowest BCUT2D eigenvalue weighted by molar-refractivity contribution is 0.102. The molecule has 4 N–H and O–H groups in total. The number of nitrogens with one attached hydrogen (secondary N) is 1. The summed E-state index contributed by atoms with van der Waals surface area (Å²) in [7, 11) is 0. The van der Waals surface area contributed by atoms with Gasteiger partial charge in [0.2, 0.25) is 0 Å². The normalized spacial score (nSPS) is 11.4. The summed E-state index contributed by atoms with van der Waals surface area (Å²) in [6.07, 6.45) is 0. The van der Waals surface area contributed by atoms with Crippen LogP contribution in [0.3, 0.4) is 0 Å². The smallest absolute Gasteiger partial charge is 0.256 e. The van der Waals surface area contributed by atoms with Crippen molar-refractivity contribution < 1.29 is 10.0 Å². The van der Waals surface area contributed by atoms with Gasteiger partial charge in [0.15, 0.2) is 5.84 Å². The lowest BCUT2D eigenvalue weighted by Crippen LogP contribution is -2.19. The van der Waals surface area contributed by atoms with Crippen molar-refractivity contribution >= 4 is 40.4 Å². The van der Waals surface area contributed by atoms with E-state index in [1.54, 1.807) is 23.6 Å². The minimum Gasteiger partial charge on any atom is -0.409 e. The van der Waals surface area contributed by atoms with Crippen molar-refractivity contribution in [2.45, 2.75) is 6.92 Å². The van der Waals surface area contributed by atoms with Gasteiger partial charge in [-0.05, 0) is 36.1 Å². The van der Waals surface area contributed by atoms with Gasteiger partial charge in [-0.15, -0.1) is 0 Å². The fraction of sp³-hybridized carbons (Fsp3) is 0.0769. The maximum absolute atomic E-state index is 12.2. The fourth-order valence-electron chi connectivity index (χ4n) is 1.68. The third-order valence-corrected chi connectivity index (χ3v) is 3.81. The van der Waals surface area contributed by atoms with Crippen molar-refractivity contribution in [3.8, 4) is 0 Å². The second-order valence-corrected chi connectivity index (χ2v) is 5.28. The number of nitrogens with two attached hydrogens (primary N) is 1. The minimum absolute atomic E-state index is 0.0981. The lowest BCUT2D eigenvalue weighted by Gasteiger charge is -2.10. The average molecular weight is 310 g/mol. The van der Waals surface area contributed by atoms with Crippen LogP contribution < -0.4 is 11.1 Å². The zero-order valence-corrected chi connectivity index (χ0v) is 12.1. The fourth-order valence-corrected chi connectivity index (χ4v) is 2.68. The molecule has 0 atom stereocenters. The number of halogens is 1. The SMILES string of the molecule is Cc1cscc1C(=O)Nc1cc(Cl)ccc1C(N)=NO. The number of carbonyl (C=O) groups is 1. The predicted octanol–water partition coefficient (Wildman–Crippen LogP) is 3.06. The first-order chi connectivity index (χ1) is 9.52. The van der Waals surface area contributed by atoms with Crippen LogP contribution in [-0.2, 0) is 0 Å². The van der Waals surface area contributed by atoms with E-state index in [2.05, 4.69) is 10.5 Å². The molecular formula is C13H12ClN3O2S. The third kappa shape index (κ3) is 2.92. The van der Waals surface area contributed by atoms with Gasteiger partial charge >= 0.3 is 0 Å². The predicted molar refractivity (Wildman–Crippen MR) is 81.0 cm³/mol. The Labute approximate surface area is 124 Å². The summed E-state index contributed by atoms with van der Waals surface area (Å²) in [4.78, 5) is 12.2. The van der Waals surface area contributed by atoms with Gasteiger partial charge in [0.05, 0.1) is 11.3 Å². The molecular weight excluding hydrogens is 298 g/mol. The molecule has 1 heterocycles. The molecule has 104 valence electrons. The van der Waals surface area contributed by atoms with Crippen LogP contribution >= 0.6 is 22.9 Å². The Hall–Kier alpha value is -2.05. The number of aryl methyl sites for hydroxylation is 1. The van der Waals surface area contributed by atoms with Crippen molar-refractivity contribution in [1.82, 2.24) is 0 Å². The number of carbonyl (C=O) groups excluding carboxylic acids is 1. The molecule has 1 aromatic heterocycles. The van der Waals surface area contributed by atoms with E-state index in [0.717, 1.165) is 5.56 Å². The maximum Gasteiger partial charge on any atom is 0.256 e. The van der Waals surface area contributed by atoms with E-state index in [0.29, 0.717) is 21.8 Å². The molecule has 20 heavy (non-hydrogen) atoms. The van der Waals surface area contributed by atoms with Crippen molar-refractivity contribution in [3.63, 3.8) is 0 Å². The zero-order chi connectivity index (χ0) is 14.7. The molecule has 7 heteroatoms. The van der Waals surface area contributed by atoms with E-state index < -0.39 is 0 Å². The zero-order valence-electron chi connectivity index (χ0n) is 10.6. The van der Waals surface area contributed by atoms with Gasteiger partial charge in [-0.1, -0.05) is 16.8 Å². The standard InChI is InChI=1S/C13H12ClN3O2S/c1-7-5-20-6-10(7)13(18)16-11-4-8(14)2-3-9(11)12(15)17-19/h2-6,19H,1H3,(H2,15,17)(H,16,18). The Morgan fingerprint density at radius 1 is 1.40 bits per heavy atom. The molecule has 0 saturated carbocycles. The number of amidine groups is 1. The van der Waals surface area contributed by atoms with Crippen LogP contribution in [0.4, 0.5) is 5.69 Å². The van der Waals surface area contributed by atoms with Crippen LogP contribution in [0.25, 0.3) is 0 Å². The first kappa shape index (κ1) is 14.4. The van der Waals surface area contributed by atoms with E-state index in [1.165, 1.54) is 11.3 Å². The molecule has 0 unspecified atom stereocenters. The van der Waals surface area contributed by atoms with Gasteiger partial charge in [0.25, 0.3) is 5.91 Å². The summed E-state index contributed by atoms with van der Waals surface area (Å²) in [5, 5.41) is 18.5. The van der Waals surface area contributed by atoms with Crippen LogP contribution in [0.2, 0.25) is 5.02 Å². The average Bonchev–Trinajstić information content (AvgIpc) is 2.84. The Morgan fingerprint density at radius 2 is 2.15 bits per heavy atom. The second kappa shape index (κ2) is 5.94. The number of thiophene rings is 1. The number of nitrogens with zero attached hydrogens (tertiary/aromatic N) is 1. The molecule has 1 amide bonds. The summed E-state index contributed by atoms with van der Waals surface area (Å²) >= 11 is 7.36. The van der Waals surface area contributed by atoms with Gasteiger partial charge in [-0.3, -0.25) is 4.79 Å². The number of oxime groups is 1. The van der Waals surface area contributed by atoms with Crippen LogP contribution in [-0.4, -0.2) is 17.0 Å². The number of anilines is 1. The third-order valence-electron chi connectivity index (χ3n) is 2.71. The van der Waals surface area contributed by atoms with Gasteiger partial charge in [0.1, 0.15) is 0 Å². The first-order valence-corrected chi connectivity index (χ1v) is 6.96. The van der Waals surface area contributed by atoms with E-state index in [4.69, 9.17) is 22.5 Å². The first-order valence-electron chi connectivity index (χ1n) is 5.64. The monoisotopic (exact) mass is 309 g/mol. The second-order valence-electron chi connectivity index (χ2n) is 4.10. The van der Waals surface area contributed by atoms with Crippen molar-refractivity contribution in [2.75, 3.05) is 5.32 Å². The van der Waals surface area contributed by atoms with Gasteiger partial charge in [0, 0.05) is 16.0 Å². The number of benzene rings is 1. The summed E-state index contributed by atoms with van der Waals surface area (Å²) < 4.78 is 0. The number of rotatable bonds is 3. The highest BCUT2D eigenvalue weighted by molar-refractivity contribution is 7.08. The quantitative estimate of drug-likeness (QED) is 0.352. The van der Waals surface area contributed by atoms with Crippen LogP contribution in [0.15, 0.2) is 34.1 Å². The van der Waals surface area contributed by atoms with E-state index in [-0.39, 0.29) is 11.7 Å². The van der Waals surface area contributed by atoms with Gasteiger partial charge in [-0.25, -0.2) is 0 Å². The van der Waals surface area contributed by atoms with Crippen LogP contribution in [0.5, 0.6) is 0 Å². The van der Waals surface area contributed by atoms with Crippen molar-refractivity contribution in [3.05, 3.63) is 50.7 Å². The van der Waals surface area contributed by atoms with E-state index in [1.807, 2.05) is 12.3 Å². The van der Waals surface area contributed by atoms with Gasteiger partial charge in [-0.2, -0.15) is 11.3 Å². The minimum atomic E-state index is -0.266. The molecule has 0 aliphatic heterocycles. The largest absolute Gasteiger partial charge is 0.409 e. The highest BCUT2D eigenvalue weighted by atomic mass is 35.5. The molecule has 0 aliphatic carbocycles. The molecule has 0 fully saturated rings. The highest BCUT2D eigenvalue weighted by Gasteiger charge is 2.14. The summed E-state index contributed by atoms with van der Waals surface area (Å²) in [6.45, 7) is 1.85. The molecule has 5 nitrogen and oxygen atoms in total. The Bertz CT molecular complexity index is 682. The highest BCUT2D eigenvalue weighted by Crippen LogP contribution is 2.23. The summed E-state index contributed by atoms with van der Waals surface area (Å²) in [5.74, 6) is -0.364. The van der Waals surface area contributed by atoms with Gasteiger partial charge < -0.3 is 16.3 Å². The number of hydrogen-bond acceptors (Lipinski definition) is 4. The molecule has 0 aliphatic rings. The topological polar surface area (TPSA) is 87.7 Å². The van der Waals surface area contributed by atoms with Crippen LogP contribution in [0.1, 0.15) is 21.5 Å². The summed E-state index contributed by atoms with van der Waals surface area (Å²) in [5.41, 5.74) is 7.84. The molecule has 0 spiro atoms. The summed E-state index contributed by atoms with van der Waals surface area (Å²) in [6, 6.07) is 4.72. The Morgan fingerprint density at radius 3 is 2.75 bits per heavy atom. The lowest BCUT2D eigenvalue weighted by atomic mass is 10.1. The van der Waals surface area contributed by atoms with E-state index in [9.17, 15) is 4.79 Å². The van der Waals surface area contributed by atoms with E-state index >= 15 is 0 Å². The molecule has 2 rings (SSSR count). The molecule has 0 bridgehead atoms. The van der Waals surface area contributed by atoms with Crippen molar-refractivity contribution in [1.29, 1.82) is 0 Å². The van der Waals surface area contributed by atoms with Crippen molar-refractivity contribution in [2.24, 2.45) is 10.9 Å². The molecule has 2 aromatic rings. The maximum atomic E-state index is 12.2. The molecule has 0 saturated heterocycles. The van der Waals surface area contributed by atoms with Crippen LogP contribution in [0, 0.1) is 6.92 Å². The number of amides is 1. The Kier molecular flexibility index (Phi) is 4.26. The molecule has 1 aromatic carbocycles. The Balaban J connectivity index is 2.36. The number of hydrogen-bond donors (Lipinski definition) is 3.